The Morgan fingerprint density at radius 2 is 1.75 bits per heavy atom. The number of nitrogens with two attached hydrogens (primary N) is 1. The second-order valence-corrected chi connectivity index (χ2v) is 6.21. The summed E-state index contributed by atoms with van der Waals surface area (Å²) in [5.74, 6) is 0.722. The van der Waals surface area contributed by atoms with Gasteiger partial charge in [0.2, 0.25) is 0 Å². The molecule has 0 aromatic carbocycles. The van der Waals surface area contributed by atoms with E-state index < -0.39 is 0 Å². The van der Waals surface area contributed by atoms with E-state index in [4.69, 9.17) is 5.73 Å². The first kappa shape index (κ1) is 12.4. The maximum atomic E-state index is 6.27. The summed E-state index contributed by atoms with van der Waals surface area (Å²) in [5.41, 5.74) is 6.69. The highest BCUT2D eigenvalue weighted by atomic mass is 15.0. The molecule has 0 radical (unpaired) electrons. The van der Waals surface area contributed by atoms with Gasteiger partial charge in [-0.3, -0.25) is 0 Å². The van der Waals surface area contributed by atoms with Gasteiger partial charge in [0.05, 0.1) is 0 Å². The van der Waals surface area contributed by atoms with Crippen molar-refractivity contribution in [3.8, 4) is 0 Å². The van der Waals surface area contributed by atoms with Crippen molar-refractivity contribution in [1.29, 1.82) is 0 Å². The van der Waals surface area contributed by atoms with Crippen molar-refractivity contribution in [2.75, 3.05) is 6.54 Å². The second-order valence-electron chi connectivity index (χ2n) is 6.21. The van der Waals surface area contributed by atoms with Crippen LogP contribution in [0.5, 0.6) is 0 Å². The van der Waals surface area contributed by atoms with E-state index in [1.807, 2.05) is 0 Å². The Kier molecular flexibility index (Phi) is 4.26. The average molecular weight is 224 g/mol. The third kappa shape index (κ3) is 3.21. The van der Waals surface area contributed by atoms with Crippen LogP contribution in [0.25, 0.3) is 0 Å². The number of hydrogen-bond acceptors (Lipinski definition) is 2. The van der Waals surface area contributed by atoms with Gasteiger partial charge in [-0.2, -0.15) is 0 Å². The highest BCUT2D eigenvalue weighted by Crippen LogP contribution is 2.30. The topological polar surface area (TPSA) is 38.0 Å². The van der Waals surface area contributed by atoms with Gasteiger partial charge in [-0.05, 0) is 45.1 Å². The molecule has 0 amide bonds. The Hall–Kier alpha value is -0.0800. The van der Waals surface area contributed by atoms with E-state index in [1.165, 1.54) is 57.8 Å². The Balaban J connectivity index is 1.79. The molecular formula is C14H28N2. The van der Waals surface area contributed by atoms with Crippen molar-refractivity contribution in [3.05, 3.63) is 0 Å². The lowest BCUT2D eigenvalue weighted by atomic mass is 9.93. The Labute approximate surface area is 100 Å². The minimum Gasteiger partial charge on any atom is -0.327 e. The van der Waals surface area contributed by atoms with E-state index >= 15 is 0 Å². The molecule has 3 N–H and O–H groups in total. The molecule has 2 heteroatoms. The van der Waals surface area contributed by atoms with E-state index in [9.17, 15) is 0 Å². The summed E-state index contributed by atoms with van der Waals surface area (Å²) in [6.07, 6.45) is 12.2. The third-order valence-corrected chi connectivity index (χ3v) is 4.72. The number of rotatable bonds is 3. The zero-order chi connectivity index (χ0) is 11.4. The van der Waals surface area contributed by atoms with Crippen LogP contribution in [-0.2, 0) is 0 Å². The van der Waals surface area contributed by atoms with E-state index in [1.54, 1.807) is 0 Å². The van der Waals surface area contributed by atoms with Crippen molar-refractivity contribution in [3.63, 3.8) is 0 Å². The van der Waals surface area contributed by atoms with Crippen LogP contribution in [0.4, 0.5) is 0 Å². The highest BCUT2D eigenvalue weighted by Gasteiger charge is 2.29. The highest BCUT2D eigenvalue weighted by molar-refractivity contribution is 4.90. The molecule has 2 fully saturated rings. The molecule has 0 aliphatic heterocycles. The summed E-state index contributed by atoms with van der Waals surface area (Å²) in [4.78, 5) is 0. The molecule has 0 aromatic rings. The molecule has 2 saturated carbocycles. The lowest BCUT2D eigenvalue weighted by Gasteiger charge is -2.30. The minimum atomic E-state index is 0.423. The summed E-state index contributed by atoms with van der Waals surface area (Å²) in [6.45, 7) is 3.54. The maximum Gasteiger partial charge on any atom is 0.0153 e. The van der Waals surface area contributed by atoms with Gasteiger partial charge < -0.3 is 11.1 Å². The van der Waals surface area contributed by atoms with Gasteiger partial charge in [-0.25, -0.2) is 0 Å². The van der Waals surface area contributed by atoms with Crippen LogP contribution in [0.2, 0.25) is 0 Å². The van der Waals surface area contributed by atoms with Crippen LogP contribution in [0.15, 0.2) is 0 Å². The van der Waals surface area contributed by atoms with Crippen LogP contribution in [-0.4, -0.2) is 18.1 Å². The zero-order valence-corrected chi connectivity index (χ0v) is 10.8. The average Bonchev–Trinajstić information content (AvgIpc) is 2.58. The van der Waals surface area contributed by atoms with E-state index in [2.05, 4.69) is 12.2 Å². The molecule has 94 valence electrons. The molecule has 2 aliphatic rings. The predicted octanol–water partition coefficient (Wildman–Crippen LogP) is 2.82. The summed E-state index contributed by atoms with van der Waals surface area (Å²) in [5, 5.41) is 3.81. The molecular weight excluding hydrogens is 196 g/mol. The molecule has 0 heterocycles. The van der Waals surface area contributed by atoms with E-state index in [-0.39, 0.29) is 0 Å². The first-order chi connectivity index (χ1) is 7.70. The van der Waals surface area contributed by atoms with Crippen molar-refractivity contribution in [2.24, 2.45) is 11.7 Å². The molecule has 0 bridgehead atoms. The smallest absolute Gasteiger partial charge is 0.0153 e. The molecule has 2 nitrogen and oxygen atoms in total. The first-order valence-corrected chi connectivity index (χ1v) is 7.20. The second kappa shape index (κ2) is 5.50. The Morgan fingerprint density at radius 1 is 1.06 bits per heavy atom. The minimum absolute atomic E-state index is 0.423. The normalized spacial score (nSPS) is 34.9. The fourth-order valence-corrected chi connectivity index (χ4v) is 3.38. The van der Waals surface area contributed by atoms with Gasteiger partial charge in [0.1, 0.15) is 0 Å². The molecule has 0 spiro atoms. The van der Waals surface area contributed by atoms with Crippen LogP contribution in [0.3, 0.4) is 0 Å². The maximum absolute atomic E-state index is 6.27. The molecule has 2 aliphatic carbocycles. The molecule has 16 heavy (non-hydrogen) atoms. The van der Waals surface area contributed by atoms with Crippen LogP contribution < -0.4 is 11.1 Å². The van der Waals surface area contributed by atoms with Crippen LogP contribution in [0, 0.1) is 5.92 Å². The standard InChI is InChI=1S/C14H28N2/c1-14(9-5-6-10-14)16-11-12-7-3-2-4-8-13(12)15/h12-13,16H,2-11,15H2,1H3. The van der Waals surface area contributed by atoms with E-state index in [0.29, 0.717) is 11.6 Å². The zero-order valence-electron chi connectivity index (χ0n) is 10.8. The molecule has 2 atom stereocenters. The van der Waals surface area contributed by atoms with Crippen LogP contribution in [0.1, 0.15) is 64.7 Å². The summed E-state index contributed by atoms with van der Waals surface area (Å²) < 4.78 is 0. The summed E-state index contributed by atoms with van der Waals surface area (Å²) >= 11 is 0. The fraction of sp³-hybridized carbons (Fsp3) is 1.00. The monoisotopic (exact) mass is 224 g/mol. The quantitative estimate of drug-likeness (QED) is 0.723. The Bertz CT molecular complexity index is 209. The van der Waals surface area contributed by atoms with Gasteiger partial charge in [0.15, 0.2) is 0 Å². The van der Waals surface area contributed by atoms with Crippen molar-refractivity contribution in [1.82, 2.24) is 5.32 Å². The SMILES string of the molecule is CC1(NCC2CCCCCC2N)CCCC1. The molecule has 2 rings (SSSR count). The van der Waals surface area contributed by atoms with Crippen molar-refractivity contribution < 1.29 is 0 Å². The van der Waals surface area contributed by atoms with E-state index in [0.717, 1.165) is 12.5 Å². The van der Waals surface area contributed by atoms with Gasteiger partial charge in [0.25, 0.3) is 0 Å². The molecule has 0 saturated heterocycles. The van der Waals surface area contributed by atoms with Gasteiger partial charge >= 0.3 is 0 Å². The van der Waals surface area contributed by atoms with Gasteiger partial charge in [0, 0.05) is 11.6 Å². The largest absolute Gasteiger partial charge is 0.327 e. The summed E-state index contributed by atoms with van der Waals surface area (Å²) in [7, 11) is 0. The molecule has 2 unspecified atom stereocenters. The lowest BCUT2D eigenvalue weighted by Crippen LogP contribution is -2.45. The van der Waals surface area contributed by atoms with Crippen molar-refractivity contribution in [2.45, 2.75) is 76.3 Å². The summed E-state index contributed by atoms with van der Waals surface area (Å²) in [6, 6.07) is 0.444. The van der Waals surface area contributed by atoms with Crippen LogP contribution >= 0.6 is 0 Å². The lowest BCUT2D eigenvalue weighted by molar-refractivity contribution is 0.296. The Morgan fingerprint density at radius 3 is 2.50 bits per heavy atom. The first-order valence-electron chi connectivity index (χ1n) is 7.20. The van der Waals surface area contributed by atoms with Crippen molar-refractivity contribution >= 4 is 0 Å². The third-order valence-electron chi connectivity index (χ3n) is 4.72. The van der Waals surface area contributed by atoms with Gasteiger partial charge in [-0.1, -0.05) is 32.1 Å². The predicted molar refractivity (Wildman–Crippen MR) is 69.4 cm³/mol. The molecule has 0 aromatic heterocycles. The fourth-order valence-electron chi connectivity index (χ4n) is 3.38. The van der Waals surface area contributed by atoms with Gasteiger partial charge in [-0.15, -0.1) is 0 Å². The number of hydrogen-bond donors (Lipinski definition) is 2. The number of nitrogens with one attached hydrogen (secondary N) is 1.